The van der Waals surface area contributed by atoms with E-state index >= 15 is 0 Å². The second-order valence-electron chi connectivity index (χ2n) is 7.28. The number of carbonyl (C=O) groups is 1. The molecule has 2 aromatic carbocycles. The van der Waals surface area contributed by atoms with Gasteiger partial charge in [0.15, 0.2) is 11.5 Å². The van der Waals surface area contributed by atoms with Crippen molar-refractivity contribution in [1.29, 1.82) is 5.41 Å². The van der Waals surface area contributed by atoms with Gasteiger partial charge in [0, 0.05) is 22.9 Å². The van der Waals surface area contributed by atoms with Crippen LogP contribution in [0.25, 0.3) is 6.08 Å². The van der Waals surface area contributed by atoms with Crippen LogP contribution in [-0.2, 0) is 0 Å². The van der Waals surface area contributed by atoms with E-state index in [1.165, 1.54) is 30.7 Å². The fraction of sp³-hybridized carbons (Fsp3) is 0.273. The molecule has 1 aliphatic carbocycles. The first-order valence-electron chi connectivity index (χ1n) is 9.48. The molecule has 2 aromatic rings. The van der Waals surface area contributed by atoms with Gasteiger partial charge in [-0.25, -0.2) is 0 Å². The van der Waals surface area contributed by atoms with Gasteiger partial charge in [-0.1, -0.05) is 43.0 Å². The smallest absolute Gasteiger partial charge is 0.248 e. The molecule has 1 saturated carbocycles. The first-order chi connectivity index (χ1) is 14.1. The van der Waals surface area contributed by atoms with Crippen molar-refractivity contribution in [2.24, 2.45) is 11.5 Å². The van der Waals surface area contributed by atoms with Crippen LogP contribution in [0.3, 0.4) is 0 Å². The topological polar surface area (TPSA) is 154 Å². The molecule has 0 spiro atoms. The zero-order chi connectivity index (χ0) is 22.3. The van der Waals surface area contributed by atoms with Crippen molar-refractivity contribution in [3.8, 4) is 17.2 Å². The summed E-state index contributed by atoms with van der Waals surface area (Å²) in [4.78, 5) is 10.5. The molecule has 0 heterocycles. The van der Waals surface area contributed by atoms with Crippen molar-refractivity contribution < 1.29 is 20.1 Å². The molecule has 0 bridgehead atoms. The van der Waals surface area contributed by atoms with E-state index in [2.05, 4.69) is 0 Å². The van der Waals surface area contributed by atoms with Gasteiger partial charge in [-0.2, -0.15) is 0 Å². The van der Waals surface area contributed by atoms with Crippen LogP contribution in [0.4, 0.5) is 0 Å². The number of phenols is 3. The van der Waals surface area contributed by atoms with Crippen LogP contribution in [0.5, 0.6) is 17.2 Å². The summed E-state index contributed by atoms with van der Waals surface area (Å²) in [6, 6.07) is 7.06. The maximum Gasteiger partial charge on any atom is 0.248 e. The summed E-state index contributed by atoms with van der Waals surface area (Å²) in [6.07, 6.45) is 10.2. The van der Waals surface area contributed by atoms with Crippen LogP contribution >= 0.6 is 11.6 Å². The van der Waals surface area contributed by atoms with E-state index in [1.54, 1.807) is 12.1 Å². The van der Waals surface area contributed by atoms with Crippen molar-refractivity contribution in [1.82, 2.24) is 0 Å². The Hall–Kier alpha value is -3.03. The molecule has 0 unspecified atom stereocenters. The molecule has 30 heavy (non-hydrogen) atoms. The molecule has 0 radical (unpaired) electrons. The van der Waals surface area contributed by atoms with E-state index in [1.807, 2.05) is 6.08 Å². The van der Waals surface area contributed by atoms with E-state index in [0.29, 0.717) is 11.1 Å². The minimum Gasteiger partial charge on any atom is -0.506 e. The van der Waals surface area contributed by atoms with Gasteiger partial charge in [-0.15, -0.1) is 0 Å². The molecule has 8 heteroatoms. The number of carbonyl (C=O) groups excluding carboxylic acids is 1. The zero-order valence-electron chi connectivity index (χ0n) is 16.4. The molecule has 1 amide bonds. The highest BCUT2D eigenvalue weighted by atomic mass is 35.5. The van der Waals surface area contributed by atoms with Crippen LogP contribution in [0.1, 0.15) is 53.6 Å². The van der Waals surface area contributed by atoms with Gasteiger partial charge < -0.3 is 32.2 Å². The van der Waals surface area contributed by atoms with Crippen LogP contribution in [0, 0.1) is 5.41 Å². The molecular formula is C22H26ClN3O4. The van der Waals surface area contributed by atoms with E-state index in [4.69, 9.17) is 33.6 Å². The number of rotatable bonds is 4. The maximum atomic E-state index is 10.5. The van der Waals surface area contributed by atoms with E-state index < -0.39 is 5.91 Å². The molecule has 1 fully saturated rings. The Labute approximate surface area is 180 Å². The number of phenolic OH excluding ortho intramolecular Hbond substituents is 3. The van der Waals surface area contributed by atoms with Gasteiger partial charge in [-0.05, 0) is 48.7 Å². The Balaban J connectivity index is 0.000000248. The number of benzene rings is 2. The van der Waals surface area contributed by atoms with E-state index in [9.17, 15) is 15.0 Å². The van der Waals surface area contributed by atoms with Crippen LogP contribution in [-0.4, -0.2) is 33.0 Å². The summed E-state index contributed by atoms with van der Waals surface area (Å²) in [6.45, 7) is 0. The Morgan fingerprint density at radius 2 is 1.73 bits per heavy atom. The van der Waals surface area contributed by atoms with Gasteiger partial charge >= 0.3 is 0 Å². The van der Waals surface area contributed by atoms with Crippen molar-refractivity contribution in [3.63, 3.8) is 0 Å². The third-order valence-electron chi connectivity index (χ3n) is 4.92. The maximum absolute atomic E-state index is 10.5. The van der Waals surface area contributed by atoms with E-state index in [0.717, 1.165) is 31.9 Å². The molecule has 0 atom stereocenters. The average Bonchev–Trinajstić information content (AvgIpc) is 2.72. The number of hydrogen-bond acceptors (Lipinski definition) is 6. The van der Waals surface area contributed by atoms with Crippen LogP contribution in [0.2, 0.25) is 5.02 Å². The van der Waals surface area contributed by atoms with Gasteiger partial charge in [0.25, 0.3) is 0 Å². The normalized spacial score (nSPS) is 15.3. The van der Waals surface area contributed by atoms with Crippen molar-refractivity contribution in [2.75, 3.05) is 0 Å². The van der Waals surface area contributed by atoms with Crippen LogP contribution in [0.15, 0.2) is 36.4 Å². The average molecular weight is 432 g/mol. The summed E-state index contributed by atoms with van der Waals surface area (Å²) in [5, 5.41) is 35.7. The Morgan fingerprint density at radius 3 is 2.30 bits per heavy atom. The number of nitrogens with two attached hydrogens (primary N) is 2. The summed E-state index contributed by atoms with van der Waals surface area (Å²) in [5.41, 5.74) is 12.3. The fourth-order valence-electron chi connectivity index (χ4n) is 3.17. The third-order valence-corrected chi connectivity index (χ3v) is 5.22. The van der Waals surface area contributed by atoms with Crippen molar-refractivity contribution in [3.05, 3.63) is 58.1 Å². The first kappa shape index (κ1) is 23.3. The minimum absolute atomic E-state index is 0.0586. The molecule has 1 aliphatic rings. The Kier molecular flexibility index (Phi) is 7.86. The number of nitrogens with one attached hydrogen (secondary N) is 1. The number of amides is 1. The highest BCUT2D eigenvalue weighted by Gasteiger charge is 2.24. The van der Waals surface area contributed by atoms with E-state index in [-0.39, 0.29) is 33.4 Å². The standard InChI is InChI=1S/C15H20N2O2.C7H6ClNO2/c16-10-11-8-12(14(19)13(18)9-11)4-7-15(17)5-2-1-3-6-15;8-5-3-4(7(9)11)1-2-6(5)10/h4,7-10,16,18-19H,1-3,5-6,17H2;1-3,10H,(H2,9,11)/b7-4+,16-10?;. The number of hydrogen-bond donors (Lipinski definition) is 6. The summed E-state index contributed by atoms with van der Waals surface area (Å²) < 4.78 is 0. The molecule has 0 saturated heterocycles. The van der Waals surface area contributed by atoms with Gasteiger partial charge in [-0.3, -0.25) is 4.79 Å². The number of halogens is 1. The largest absolute Gasteiger partial charge is 0.506 e. The molecule has 7 nitrogen and oxygen atoms in total. The molecule has 8 N–H and O–H groups in total. The predicted octanol–water partition coefficient (Wildman–Crippen LogP) is 3.91. The second-order valence-corrected chi connectivity index (χ2v) is 7.69. The molecule has 160 valence electrons. The third kappa shape index (κ3) is 6.23. The van der Waals surface area contributed by atoms with Crippen LogP contribution < -0.4 is 11.5 Å². The van der Waals surface area contributed by atoms with Gasteiger partial charge in [0.1, 0.15) is 5.75 Å². The summed E-state index contributed by atoms with van der Waals surface area (Å²) in [7, 11) is 0. The van der Waals surface area contributed by atoms with Crippen molar-refractivity contribution >= 4 is 29.8 Å². The zero-order valence-corrected chi connectivity index (χ0v) is 17.2. The lowest BCUT2D eigenvalue weighted by Gasteiger charge is -2.30. The number of primary amides is 1. The highest BCUT2D eigenvalue weighted by Crippen LogP contribution is 2.33. The fourth-order valence-corrected chi connectivity index (χ4v) is 3.35. The Bertz CT molecular complexity index is 954. The predicted molar refractivity (Wildman–Crippen MR) is 118 cm³/mol. The highest BCUT2D eigenvalue weighted by molar-refractivity contribution is 6.32. The summed E-state index contributed by atoms with van der Waals surface area (Å²) >= 11 is 5.50. The lowest BCUT2D eigenvalue weighted by Crippen LogP contribution is -2.39. The second kappa shape index (κ2) is 10.1. The van der Waals surface area contributed by atoms with Crippen molar-refractivity contribution in [2.45, 2.75) is 37.6 Å². The molecule has 0 aliphatic heterocycles. The molecule has 3 rings (SSSR count). The SMILES string of the molecule is N=Cc1cc(O)c(O)c(/C=C/C2(N)CCCCC2)c1.NC(=O)c1ccc(O)c(Cl)c1. The molecule has 0 aromatic heterocycles. The minimum atomic E-state index is -0.563. The Morgan fingerprint density at radius 1 is 1.07 bits per heavy atom. The van der Waals surface area contributed by atoms with Gasteiger partial charge in [0.2, 0.25) is 5.91 Å². The monoisotopic (exact) mass is 431 g/mol. The first-order valence-corrected chi connectivity index (χ1v) is 9.86. The lowest BCUT2D eigenvalue weighted by atomic mass is 9.82. The number of aromatic hydroxyl groups is 3. The van der Waals surface area contributed by atoms with Gasteiger partial charge in [0.05, 0.1) is 5.02 Å². The lowest BCUT2D eigenvalue weighted by molar-refractivity contribution is 0.100. The summed E-state index contributed by atoms with van der Waals surface area (Å²) in [5.74, 6) is -1.000. The quantitative estimate of drug-likeness (QED) is 0.320. The molecular weight excluding hydrogens is 406 g/mol.